The highest BCUT2D eigenvalue weighted by Crippen LogP contribution is 2.66. The van der Waals surface area contributed by atoms with Crippen LogP contribution >= 0.6 is 43.5 Å². The van der Waals surface area contributed by atoms with E-state index in [9.17, 15) is 19.5 Å². The van der Waals surface area contributed by atoms with Gasteiger partial charge in [-0.3, -0.25) is 24.1 Å². The topological polar surface area (TPSA) is 104 Å². The highest BCUT2D eigenvalue weighted by Gasteiger charge is 2.70. The van der Waals surface area contributed by atoms with Gasteiger partial charge in [0, 0.05) is 21.5 Å². The minimum atomic E-state index is -1.45. The molecule has 3 aromatic rings. The minimum absolute atomic E-state index is 0.111. The number of rotatable bonds is 5. The number of phenols is 1. The molecule has 11 heteroatoms. The Kier molecular flexibility index (Phi) is 8.51. The minimum Gasteiger partial charge on any atom is -0.503 e. The van der Waals surface area contributed by atoms with E-state index in [-0.39, 0.29) is 41.7 Å². The third kappa shape index (κ3) is 4.73. The van der Waals surface area contributed by atoms with Crippen molar-refractivity contribution < 1.29 is 29.0 Å². The summed E-state index contributed by atoms with van der Waals surface area (Å²) in [6.07, 6.45) is 7.28. The predicted octanol–water partition coefficient (Wildman–Crippen LogP) is 8.07. The summed E-state index contributed by atoms with van der Waals surface area (Å²) >= 11 is 13.7. The molecule has 2 heterocycles. The summed E-state index contributed by atoms with van der Waals surface area (Å²) in [5.74, 6) is -4.32. The molecule has 0 unspecified atom stereocenters. The van der Waals surface area contributed by atoms with Crippen molar-refractivity contribution in [1.29, 1.82) is 0 Å². The van der Waals surface area contributed by atoms with Gasteiger partial charge >= 0.3 is 0 Å². The van der Waals surface area contributed by atoms with Crippen molar-refractivity contribution >= 4 is 72.8 Å². The van der Waals surface area contributed by atoms with E-state index in [4.69, 9.17) is 16.3 Å². The monoisotopic (exact) mass is 820 g/mol. The van der Waals surface area contributed by atoms with Gasteiger partial charge in [-0.2, -0.15) is 0 Å². The van der Waals surface area contributed by atoms with Crippen molar-refractivity contribution in [2.24, 2.45) is 23.7 Å². The molecule has 0 spiro atoms. The number of anilines is 1. The molecular weight excluding hydrogens is 788 g/mol. The molecule has 258 valence electrons. The number of benzene rings is 3. The van der Waals surface area contributed by atoms with E-state index < -0.39 is 40.9 Å². The van der Waals surface area contributed by atoms with Crippen LogP contribution in [0.3, 0.4) is 0 Å². The molecule has 0 radical (unpaired) electrons. The van der Waals surface area contributed by atoms with Gasteiger partial charge in [0.05, 0.1) is 40.4 Å². The molecule has 3 aliphatic carbocycles. The first-order chi connectivity index (χ1) is 24.1. The van der Waals surface area contributed by atoms with Crippen molar-refractivity contribution in [3.8, 4) is 11.5 Å². The quantitative estimate of drug-likeness (QED) is 0.206. The predicted molar refractivity (Wildman–Crippen MR) is 195 cm³/mol. The van der Waals surface area contributed by atoms with E-state index in [1.54, 1.807) is 35.2 Å². The molecular formula is C39H35Br2ClN2O6. The first-order valence-corrected chi connectivity index (χ1v) is 19.1. The van der Waals surface area contributed by atoms with Gasteiger partial charge in [-0.05, 0) is 98.9 Å². The Morgan fingerprint density at radius 3 is 2.32 bits per heavy atom. The number of ether oxygens (including phenoxy) is 1. The summed E-state index contributed by atoms with van der Waals surface area (Å²) in [4.78, 5) is 61.9. The van der Waals surface area contributed by atoms with Crippen molar-refractivity contribution in [3.63, 3.8) is 0 Å². The first-order valence-electron chi connectivity index (χ1n) is 17.1. The second kappa shape index (κ2) is 12.6. The number of methoxy groups -OCH3 is 1. The number of carbonyl (C=O) groups excluding carboxylic acids is 4. The maximum Gasteiger partial charge on any atom is 0.246 e. The van der Waals surface area contributed by atoms with Gasteiger partial charge in [-0.15, -0.1) is 0 Å². The second-order valence-electron chi connectivity index (χ2n) is 14.1. The van der Waals surface area contributed by atoms with Gasteiger partial charge in [0.1, 0.15) is 0 Å². The zero-order valence-corrected chi connectivity index (χ0v) is 31.2. The van der Waals surface area contributed by atoms with E-state index in [0.717, 1.165) is 37.7 Å². The number of hydrogen-bond donors (Lipinski definition) is 1. The van der Waals surface area contributed by atoms with Crippen LogP contribution < -0.4 is 9.64 Å². The van der Waals surface area contributed by atoms with Crippen LogP contribution in [-0.2, 0) is 24.6 Å². The molecule has 8 nitrogen and oxygen atoms in total. The molecule has 6 atom stereocenters. The lowest BCUT2D eigenvalue weighted by atomic mass is 9.49. The molecule has 2 saturated heterocycles. The summed E-state index contributed by atoms with van der Waals surface area (Å²) in [7, 11) is 1.46. The summed E-state index contributed by atoms with van der Waals surface area (Å²) in [5, 5.41) is 11.4. The van der Waals surface area contributed by atoms with Crippen molar-refractivity contribution in [3.05, 3.63) is 97.4 Å². The molecule has 4 fully saturated rings. The Hall–Kier alpha value is -3.47. The lowest BCUT2D eigenvalue weighted by Crippen LogP contribution is -2.53. The van der Waals surface area contributed by atoms with Gasteiger partial charge in [0.15, 0.2) is 11.5 Å². The number of likely N-dealkylation sites (tertiary alicyclic amines) is 1. The fourth-order valence-electron chi connectivity index (χ4n) is 9.79. The zero-order valence-electron chi connectivity index (χ0n) is 27.3. The molecule has 2 saturated carbocycles. The third-order valence-electron chi connectivity index (χ3n) is 11.8. The van der Waals surface area contributed by atoms with Gasteiger partial charge in [-0.1, -0.05) is 78.9 Å². The van der Waals surface area contributed by atoms with E-state index in [1.165, 1.54) is 12.0 Å². The maximum absolute atomic E-state index is 15.5. The molecule has 50 heavy (non-hydrogen) atoms. The number of halogens is 3. The Labute approximate surface area is 312 Å². The molecule has 1 N–H and O–H groups in total. The molecule has 0 aromatic heterocycles. The largest absolute Gasteiger partial charge is 0.503 e. The molecule has 2 aliphatic heterocycles. The highest BCUT2D eigenvalue weighted by molar-refractivity contribution is 9.13. The Morgan fingerprint density at radius 1 is 0.880 bits per heavy atom. The van der Waals surface area contributed by atoms with E-state index in [1.807, 2.05) is 36.4 Å². The number of allylic oxidation sites excluding steroid dienone is 2. The lowest BCUT2D eigenvalue weighted by molar-refractivity contribution is -0.143. The van der Waals surface area contributed by atoms with Crippen molar-refractivity contribution in [1.82, 2.24) is 4.90 Å². The first kappa shape index (κ1) is 33.7. The molecule has 4 amide bonds. The van der Waals surface area contributed by atoms with E-state index >= 15 is 4.79 Å². The molecule has 0 bridgehead atoms. The lowest BCUT2D eigenvalue weighted by Gasteiger charge is -2.51. The fraction of sp³-hybridized carbons (Fsp3) is 0.385. The molecule has 5 aliphatic rings. The summed E-state index contributed by atoms with van der Waals surface area (Å²) in [5.41, 5.74) is 1.03. The Balaban J connectivity index is 1.38. The van der Waals surface area contributed by atoms with Gasteiger partial charge in [-0.25, -0.2) is 4.90 Å². The number of imide groups is 2. The average Bonchev–Trinajstić information content (AvgIpc) is 3.52. The van der Waals surface area contributed by atoms with Gasteiger partial charge < -0.3 is 9.84 Å². The van der Waals surface area contributed by atoms with Crippen LogP contribution in [0.2, 0.25) is 5.02 Å². The van der Waals surface area contributed by atoms with Gasteiger partial charge in [0.2, 0.25) is 23.6 Å². The van der Waals surface area contributed by atoms with Crippen LogP contribution in [0.15, 0.2) is 81.3 Å². The van der Waals surface area contributed by atoms with E-state index in [0.29, 0.717) is 37.2 Å². The number of fused-ring (bicyclic) bond motifs is 4. The average molecular weight is 823 g/mol. The van der Waals surface area contributed by atoms with Crippen LogP contribution in [0.5, 0.6) is 11.5 Å². The van der Waals surface area contributed by atoms with Gasteiger partial charge in [0.25, 0.3) is 0 Å². The van der Waals surface area contributed by atoms with Crippen molar-refractivity contribution in [2.75, 3.05) is 12.0 Å². The molecule has 3 aromatic carbocycles. The zero-order chi connectivity index (χ0) is 35.1. The number of aromatic hydroxyl groups is 1. The van der Waals surface area contributed by atoms with Crippen LogP contribution in [0, 0.1) is 23.7 Å². The number of nitrogens with zero attached hydrogens (tertiary/aromatic N) is 2. The summed E-state index contributed by atoms with van der Waals surface area (Å²) < 4.78 is 6.46. The van der Waals surface area contributed by atoms with E-state index in [2.05, 4.69) is 31.9 Å². The number of carbonyl (C=O) groups is 4. The van der Waals surface area contributed by atoms with Crippen LogP contribution in [0.4, 0.5) is 5.69 Å². The van der Waals surface area contributed by atoms with Crippen LogP contribution in [0.25, 0.3) is 0 Å². The van der Waals surface area contributed by atoms with Crippen LogP contribution in [-0.4, -0.2) is 46.8 Å². The number of hydrogen-bond acceptors (Lipinski definition) is 6. The number of amides is 4. The maximum atomic E-state index is 15.5. The number of phenolic OH excluding ortho intramolecular Hbond substituents is 1. The third-order valence-corrected chi connectivity index (χ3v) is 14.2. The fourth-order valence-corrected chi connectivity index (χ4v) is 10.9. The Morgan fingerprint density at radius 2 is 1.62 bits per heavy atom. The normalized spacial score (nSPS) is 29.5. The standard InChI is InChI=1S/C39H35Br2ClN2O6/c1-50-29-19-27(32(40)33(41)34(29)45)31-24-15-16-25-30(37(48)43(35(25)46)22-12-6-3-7-13-22)26(24)18-28-36(47)44(23-14-8-11-21(42)17-23)38(49)39(28,31)20-9-4-2-5-10-20/h2,4-5,8-11,14-15,17,19,22,25-26,28,30-31,45H,3,6-7,12-13,16,18H2,1H3/t25-,26+,28-,30-,31+,39+/m0/s1. The Bertz CT molecular complexity index is 1980. The summed E-state index contributed by atoms with van der Waals surface area (Å²) in [6, 6.07) is 17.7. The highest BCUT2D eigenvalue weighted by atomic mass is 79.9. The smallest absolute Gasteiger partial charge is 0.246 e. The molecule has 8 rings (SSSR count). The summed E-state index contributed by atoms with van der Waals surface area (Å²) in [6.45, 7) is 0. The SMILES string of the molecule is COc1cc([C@H]2C3=CC[C@@H]4C(=O)N(C5CCCCC5)C(=O)[C@@H]4[C@@H]3C[C@H]3C(=O)N(c4cccc(Cl)c4)C(=O)[C@@]23c2ccccc2)c(Br)c(Br)c1O. The second-order valence-corrected chi connectivity index (χ2v) is 16.1. The van der Waals surface area contributed by atoms with Crippen molar-refractivity contribution in [2.45, 2.75) is 62.3 Å². The van der Waals surface area contributed by atoms with Crippen LogP contribution in [0.1, 0.15) is 62.0 Å².